The van der Waals surface area contributed by atoms with Gasteiger partial charge in [-0.25, -0.2) is 0 Å². The van der Waals surface area contributed by atoms with Gasteiger partial charge < -0.3 is 15.3 Å². The van der Waals surface area contributed by atoms with E-state index in [1.807, 2.05) is 30.9 Å². The lowest BCUT2D eigenvalue weighted by Crippen LogP contribution is -2.42. The number of nitrogens with zero attached hydrogens (tertiary/aromatic N) is 1. The highest BCUT2D eigenvalue weighted by Crippen LogP contribution is 2.27. The summed E-state index contributed by atoms with van der Waals surface area (Å²) in [5, 5.41) is 12.3. The van der Waals surface area contributed by atoms with Gasteiger partial charge in [0.1, 0.15) is 0 Å². The molecule has 0 bridgehead atoms. The van der Waals surface area contributed by atoms with Crippen molar-refractivity contribution < 1.29 is 19.5 Å². The van der Waals surface area contributed by atoms with Crippen LogP contribution in [0.3, 0.4) is 0 Å². The lowest BCUT2D eigenvalue weighted by Gasteiger charge is -2.27. The van der Waals surface area contributed by atoms with Crippen LogP contribution in [0.15, 0.2) is 29.2 Å². The summed E-state index contributed by atoms with van der Waals surface area (Å²) in [5.41, 5.74) is -0.480. The highest BCUT2D eigenvalue weighted by atomic mass is 32.2. The molecule has 2 rings (SSSR count). The van der Waals surface area contributed by atoms with E-state index >= 15 is 0 Å². The molecule has 0 saturated carbocycles. The van der Waals surface area contributed by atoms with Gasteiger partial charge in [-0.3, -0.25) is 14.4 Å². The molecule has 1 saturated heterocycles. The first-order chi connectivity index (χ1) is 12.9. The first kappa shape index (κ1) is 21.3. The minimum atomic E-state index is -0.955. The predicted octanol–water partition coefficient (Wildman–Crippen LogP) is 3.02. The van der Waals surface area contributed by atoms with Gasteiger partial charge in [0.2, 0.25) is 5.91 Å². The summed E-state index contributed by atoms with van der Waals surface area (Å²) in [6, 6.07) is 7.13. The molecule has 1 aromatic rings. The number of carboxylic acids is 1. The van der Waals surface area contributed by atoms with Crippen molar-refractivity contribution >= 4 is 29.5 Å². The molecule has 1 aromatic carbocycles. The summed E-state index contributed by atoms with van der Waals surface area (Å²) >= 11 is 1.35. The Morgan fingerprint density at radius 1 is 1.15 bits per heavy atom. The molecule has 1 fully saturated rings. The molecule has 2 amide bonds. The largest absolute Gasteiger partial charge is 0.481 e. The van der Waals surface area contributed by atoms with Crippen molar-refractivity contribution in [2.24, 2.45) is 5.41 Å². The van der Waals surface area contributed by atoms with E-state index in [1.54, 1.807) is 12.1 Å². The van der Waals surface area contributed by atoms with Crippen molar-refractivity contribution in [1.82, 2.24) is 10.2 Å². The second-order valence-electron chi connectivity index (χ2n) is 6.85. The van der Waals surface area contributed by atoms with Crippen molar-refractivity contribution in [2.45, 2.75) is 44.4 Å². The monoisotopic (exact) mass is 392 g/mol. The Morgan fingerprint density at radius 2 is 1.78 bits per heavy atom. The van der Waals surface area contributed by atoms with Crippen LogP contribution in [0.1, 0.15) is 49.9 Å². The molecule has 0 aliphatic carbocycles. The van der Waals surface area contributed by atoms with E-state index in [-0.39, 0.29) is 18.4 Å². The van der Waals surface area contributed by atoms with Crippen LogP contribution < -0.4 is 5.32 Å². The van der Waals surface area contributed by atoms with Gasteiger partial charge in [-0.2, -0.15) is 0 Å². The molecule has 0 spiro atoms. The van der Waals surface area contributed by atoms with Crippen LogP contribution in [-0.2, 0) is 9.59 Å². The molecular weight excluding hydrogens is 364 g/mol. The number of rotatable bonds is 9. The Bertz CT molecular complexity index is 682. The molecular formula is C20H28N2O4S. The van der Waals surface area contributed by atoms with Crippen LogP contribution in [0.25, 0.3) is 0 Å². The van der Waals surface area contributed by atoms with Gasteiger partial charge in [-0.1, -0.05) is 26.0 Å². The number of hydrogen-bond acceptors (Lipinski definition) is 4. The maximum absolute atomic E-state index is 12.7. The third kappa shape index (κ3) is 5.25. The normalized spacial score (nSPS) is 14.2. The minimum absolute atomic E-state index is 0.0832. The average molecular weight is 393 g/mol. The highest BCUT2D eigenvalue weighted by Gasteiger charge is 2.35. The number of amides is 2. The molecule has 27 heavy (non-hydrogen) atoms. The van der Waals surface area contributed by atoms with E-state index in [4.69, 9.17) is 0 Å². The van der Waals surface area contributed by atoms with Gasteiger partial charge in [0.15, 0.2) is 0 Å². The molecule has 0 unspecified atom stereocenters. The second kappa shape index (κ2) is 9.78. The summed E-state index contributed by atoms with van der Waals surface area (Å²) in [6.45, 7) is 5.34. The maximum Gasteiger partial charge on any atom is 0.311 e. The molecule has 0 aromatic heterocycles. The van der Waals surface area contributed by atoms with Crippen molar-refractivity contribution in [2.75, 3.05) is 25.4 Å². The highest BCUT2D eigenvalue weighted by molar-refractivity contribution is 8.00. The summed E-state index contributed by atoms with van der Waals surface area (Å²) in [4.78, 5) is 39.1. The SMILES string of the molecule is CCC(CC)(CNC(=O)c1ccccc1SCC(=O)N1CCCC1)C(=O)O. The van der Waals surface area contributed by atoms with Crippen LogP contribution in [-0.4, -0.2) is 53.2 Å². The number of nitrogens with one attached hydrogen (secondary N) is 1. The fourth-order valence-electron chi connectivity index (χ4n) is 3.20. The number of carbonyl (C=O) groups excluding carboxylic acids is 2. The third-order valence-electron chi connectivity index (χ3n) is 5.34. The molecule has 1 aliphatic heterocycles. The predicted molar refractivity (Wildman–Crippen MR) is 106 cm³/mol. The van der Waals surface area contributed by atoms with E-state index < -0.39 is 11.4 Å². The van der Waals surface area contributed by atoms with Gasteiger partial charge in [-0.05, 0) is 37.8 Å². The lowest BCUT2D eigenvalue weighted by molar-refractivity contribution is -0.149. The number of hydrogen-bond donors (Lipinski definition) is 2. The number of likely N-dealkylation sites (tertiary alicyclic amines) is 1. The standard InChI is InChI=1S/C20H28N2O4S/c1-3-20(4-2,19(25)26)14-21-18(24)15-9-5-6-10-16(15)27-13-17(23)22-11-7-8-12-22/h5-6,9-10H,3-4,7-8,11-14H2,1-2H3,(H,21,24)(H,25,26). The number of aliphatic carboxylic acids is 1. The molecule has 1 aliphatic rings. The molecule has 0 radical (unpaired) electrons. The lowest BCUT2D eigenvalue weighted by atomic mass is 9.82. The molecule has 2 N–H and O–H groups in total. The van der Waals surface area contributed by atoms with Gasteiger partial charge in [0.25, 0.3) is 5.91 Å². The van der Waals surface area contributed by atoms with E-state index in [2.05, 4.69) is 5.32 Å². The molecule has 7 heteroatoms. The van der Waals surface area contributed by atoms with Crippen molar-refractivity contribution in [3.8, 4) is 0 Å². The van der Waals surface area contributed by atoms with Crippen LogP contribution in [0.5, 0.6) is 0 Å². The van der Waals surface area contributed by atoms with Gasteiger partial charge in [0, 0.05) is 24.5 Å². The molecule has 1 heterocycles. The maximum atomic E-state index is 12.7. The van der Waals surface area contributed by atoms with Gasteiger partial charge in [0.05, 0.1) is 16.7 Å². The van der Waals surface area contributed by atoms with E-state index in [0.29, 0.717) is 24.2 Å². The summed E-state index contributed by atoms with van der Waals surface area (Å²) in [6.07, 6.45) is 2.99. The van der Waals surface area contributed by atoms with Crippen LogP contribution >= 0.6 is 11.8 Å². The summed E-state index contributed by atoms with van der Waals surface area (Å²) in [7, 11) is 0. The molecule has 148 valence electrons. The average Bonchev–Trinajstić information content (AvgIpc) is 3.22. The Labute approximate surface area is 164 Å². The fraction of sp³-hybridized carbons (Fsp3) is 0.550. The van der Waals surface area contributed by atoms with Gasteiger partial charge >= 0.3 is 5.97 Å². The summed E-state index contributed by atoms with van der Waals surface area (Å²) in [5.74, 6) is -0.812. The van der Waals surface area contributed by atoms with Gasteiger partial charge in [-0.15, -0.1) is 11.8 Å². The van der Waals surface area contributed by atoms with Crippen LogP contribution in [0.4, 0.5) is 0 Å². The first-order valence-electron chi connectivity index (χ1n) is 9.44. The topological polar surface area (TPSA) is 86.7 Å². The quantitative estimate of drug-likeness (QED) is 0.631. The Morgan fingerprint density at radius 3 is 2.37 bits per heavy atom. The zero-order chi connectivity index (χ0) is 19.9. The zero-order valence-corrected chi connectivity index (χ0v) is 16.8. The van der Waals surface area contributed by atoms with E-state index in [0.717, 1.165) is 30.8 Å². The fourth-order valence-corrected chi connectivity index (χ4v) is 4.15. The van der Waals surface area contributed by atoms with Crippen molar-refractivity contribution in [3.05, 3.63) is 29.8 Å². The molecule has 6 nitrogen and oxygen atoms in total. The number of carboxylic acid groups (broad SMARTS) is 1. The Balaban J connectivity index is 2.02. The number of thioether (sulfide) groups is 1. The summed E-state index contributed by atoms with van der Waals surface area (Å²) < 4.78 is 0. The number of carbonyl (C=O) groups is 3. The Kier molecular flexibility index (Phi) is 7.71. The number of benzene rings is 1. The van der Waals surface area contributed by atoms with Crippen molar-refractivity contribution in [3.63, 3.8) is 0 Å². The second-order valence-corrected chi connectivity index (χ2v) is 7.87. The Hall–Kier alpha value is -2.02. The van der Waals surface area contributed by atoms with E-state index in [1.165, 1.54) is 11.8 Å². The van der Waals surface area contributed by atoms with Crippen LogP contribution in [0, 0.1) is 5.41 Å². The zero-order valence-electron chi connectivity index (χ0n) is 16.0. The minimum Gasteiger partial charge on any atom is -0.481 e. The van der Waals surface area contributed by atoms with E-state index in [9.17, 15) is 19.5 Å². The smallest absolute Gasteiger partial charge is 0.311 e. The van der Waals surface area contributed by atoms with Crippen LogP contribution in [0.2, 0.25) is 0 Å². The van der Waals surface area contributed by atoms with Crippen molar-refractivity contribution in [1.29, 1.82) is 0 Å². The third-order valence-corrected chi connectivity index (χ3v) is 6.39. The molecule has 0 atom stereocenters. The first-order valence-corrected chi connectivity index (χ1v) is 10.4.